The number of benzene rings is 3. The van der Waals surface area contributed by atoms with Gasteiger partial charge in [0, 0.05) is 28.8 Å². The molecule has 178 valence electrons. The van der Waals surface area contributed by atoms with Crippen molar-refractivity contribution in [1.82, 2.24) is 14.9 Å². The van der Waals surface area contributed by atoms with Crippen LogP contribution >= 0.6 is 0 Å². The lowest BCUT2D eigenvalue weighted by Crippen LogP contribution is -2.35. The molecule has 0 fully saturated rings. The van der Waals surface area contributed by atoms with Crippen LogP contribution in [-0.4, -0.2) is 46.5 Å². The summed E-state index contributed by atoms with van der Waals surface area (Å²) in [6, 6.07) is 16.0. The third-order valence-corrected chi connectivity index (χ3v) is 6.21. The first-order valence-electron chi connectivity index (χ1n) is 11.5. The summed E-state index contributed by atoms with van der Waals surface area (Å²) in [4.78, 5) is 14.7. The minimum atomic E-state index is 0.0553. The molecule has 2 N–H and O–H groups in total. The number of hydrogen-bond donors (Lipinski definition) is 2. The van der Waals surface area contributed by atoms with Gasteiger partial charge in [0.2, 0.25) is 0 Å². The van der Waals surface area contributed by atoms with Crippen molar-refractivity contribution in [3.63, 3.8) is 0 Å². The van der Waals surface area contributed by atoms with Crippen molar-refractivity contribution in [2.75, 3.05) is 20.3 Å². The van der Waals surface area contributed by atoms with E-state index in [2.05, 4.69) is 50.7 Å². The number of aliphatic imine (C=N–C) groups is 1. The van der Waals surface area contributed by atoms with E-state index in [-0.39, 0.29) is 5.75 Å². The number of imidazole rings is 1. The van der Waals surface area contributed by atoms with E-state index < -0.39 is 0 Å². The van der Waals surface area contributed by atoms with Crippen LogP contribution in [0, 0.1) is 6.92 Å². The van der Waals surface area contributed by atoms with E-state index in [0.717, 1.165) is 50.3 Å². The van der Waals surface area contributed by atoms with Crippen LogP contribution in [0.4, 0.5) is 0 Å². The summed E-state index contributed by atoms with van der Waals surface area (Å²) >= 11 is 0. The molecule has 0 saturated carbocycles. The number of rotatable bonds is 4. The van der Waals surface area contributed by atoms with Gasteiger partial charge in [-0.15, -0.1) is 0 Å². The number of H-pyrrole nitrogens is 1. The molecule has 7 heteroatoms. The predicted molar refractivity (Wildman–Crippen MR) is 139 cm³/mol. The number of nitrogens with zero attached hydrogens (tertiary/aromatic N) is 3. The monoisotopic (exact) mass is 468 g/mol. The van der Waals surface area contributed by atoms with Crippen molar-refractivity contribution >= 4 is 29.6 Å². The molecule has 1 aliphatic heterocycles. The van der Waals surface area contributed by atoms with E-state index >= 15 is 0 Å². The van der Waals surface area contributed by atoms with Crippen LogP contribution in [-0.2, 0) is 6.54 Å². The van der Waals surface area contributed by atoms with Crippen LogP contribution in [0.5, 0.6) is 17.2 Å². The molecule has 0 unspecified atom stereocenters. The highest BCUT2D eigenvalue weighted by molar-refractivity contribution is 5.82. The van der Waals surface area contributed by atoms with Gasteiger partial charge in [-0.2, -0.15) is 0 Å². The van der Waals surface area contributed by atoms with Gasteiger partial charge >= 0.3 is 0 Å². The number of nitrogens with one attached hydrogen (secondary N) is 1. The van der Waals surface area contributed by atoms with Gasteiger partial charge in [0.25, 0.3) is 0 Å². The van der Waals surface area contributed by atoms with Crippen LogP contribution in [0.2, 0.25) is 0 Å². The smallest absolute Gasteiger partial charge is 0.167 e. The van der Waals surface area contributed by atoms with Gasteiger partial charge in [-0.1, -0.05) is 18.7 Å². The average molecular weight is 469 g/mol. The number of ether oxygens (including phenoxy) is 2. The Bertz CT molecular complexity index is 1550. The molecule has 0 spiro atoms. The summed E-state index contributed by atoms with van der Waals surface area (Å²) in [6.45, 7) is 9.79. The van der Waals surface area contributed by atoms with Gasteiger partial charge < -0.3 is 24.5 Å². The fourth-order valence-electron chi connectivity index (χ4n) is 4.57. The molecule has 0 aliphatic carbocycles. The Morgan fingerprint density at radius 2 is 2.00 bits per heavy atom. The molecular weight excluding hydrogens is 440 g/mol. The minimum absolute atomic E-state index is 0.0553. The van der Waals surface area contributed by atoms with Crippen LogP contribution in [0.1, 0.15) is 18.3 Å². The molecule has 3 aromatic carbocycles. The number of aromatic nitrogens is 2. The number of aromatic hydroxyl groups is 1. The van der Waals surface area contributed by atoms with Crippen molar-refractivity contribution < 1.29 is 14.6 Å². The summed E-state index contributed by atoms with van der Waals surface area (Å²) in [7, 11) is 1.52. The second-order valence-electron chi connectivity index (χ2n) is 8.50. The summed E-state index contributed by atoms with van der Waals surface area (Å²) < 4.78 is 11.5. The Morgan fingerprint density at radius 3 is 2.80 bits per heavy atom. The number of phenols is 1. The van der Waals surface area contributed by atoms with E-state index in [4.69, 9.17) is 9.47 Å². The van der Waals surface area contributed by atoms with E-state index in [9.17, 15) is 5.11 Å². The SMILES string of the molecule is C=c1c(OC)c(O)cc/c1=C(/N=C\C)N1CCOc2ccc(-c3ccc4nc(C)[nH]c4c3)cc2C1. The maximum Gasteiger partial charge on any atom is 0.167 e. The first-order valence-corrected chi connectivity index (χ1v) is 11.5. The molecule has 5 rings (SSSR count). The highest BCUT2D eigenvalue weighted by atomic mass is 16.5. The first kappa shape index (κ1) is 22.5. The fraction of sp³-hybridized carbons (Fsp3) is 0.214. The van der Waals surface area contributed by atoms with Crippen LogP contribution < -0.4 is 19.9 Å². The highest BCUT2D eigenvalue weighted by Crippen LogP contribution is 2.31. The highest BCUT2D eigenvalue weighted by Gasteiger charge is 2.19. The van der Waals surface area contributed by atoms with Gasteiger partial charge in [-0.25, -0.2) is 9.98 Å². The van der Waals surface area contributed by atoms with E-state index in [1.807, 2.05) is 32.0 Å². The molecule has 0 radical (unpaired) electrons. The Labute approximate surface area is 203 Å². The minimum Gasteiger partial charge on any atom is -0.504 e. The quantitative estimate of drug-likeness (QED) is 0.446. The number of fused-ring (bicyclic) bond motifs is 2. The number of phenolic OH excluding ortho intramolecular Hbond substituents is 1. The van der Waals surface area contributed by atoms with Gasteiger partial charge in [0.05, 0.1) is 24.7 Å². The summed E-state index contributed by atoms with van der Waals surface area (Å²) in [6.07, 6.45) is 1.76. The molecule has 0 amide bonds. The van der Waals surface area contributed by atoms with Gasteiger partial charge in [-0.05, 0) is 61.4 Å². The standard InChI is InChI=1S/C28H28N4O3/c1-5-29-28(22-8-10-25(33)27(34-4)17(22)2)32-12-13-35-26-11-7-19(14-21(26)16-32)20-6-9-23-24(15-20)31-18(3)30-23/h5-11,14-15,33H,2,12-13,16H2,1,3-4H3,(H,30,31)/b28-22+,29-5-. The lowest BCUT2D eigenvalue weighted by Gasteiger charge is -2.23. The zero-order chi connectivity index (χ0) is 24.5. The van der Waals surface area contributed by atoms with E-state index in [1.165, 1.54) is 7.11 Å². The van der Waals surface area contributed by atoms with Crippen LogP contribution in [0.15, 0.2) is 53.5 Å². The number of aromatic amines is 1. The topological polar surface area (TPSA) is 83.0 Å². The molecule has 7 nitrogen and oxygen atoms in total. The number of aryl methyl sites for hydroxylation is 1. The molecule has 0 saturated heterocycles. The van der Waals surface area contributed by atoms with Crippen molar-refractivity contribution in [3.05, 3.63) is 70.4 Å². The second-order valence-corrected chi connectivity index (χ2v) is 8.50. The van der Waals surface area contributed by atoms with Gasteiger partial charge in [-0.3, -0.25) is 0 Å². The lowest BCUT2D eigenvalue weighted by molar-refractivity contribution is 0.280. The normalized spacial score (nSPS) is 14.5. The molecule has 35 heavy (non-hydrogen) atoms. The van der Waals surface area contributed by atoms with Crippen molar-refractivity contribution in [2.24, 2.45) is 4.99 Å². The van der Waals surface area contributed by atoms with Gasteiger partial charge in [0.15, 0.2) is 11.5 Å². The number of hydrogen-bond acceptors (Lipinski definition) is 6. The van der Waals surface area contributed by atoms with Crippen molar-refractivity contribution in [3.8, 4) is 28.4 Å². The molecule has 0 atom stereocenters. The summed E-state index contributed by atoms with van der Waals surface area (Å²) in [5, 5.41) is 11.6. The first-order chi connectivity index (χ1) is 17.0. The summed E-state index contributed by atoms with van der Waals surface area (Å²) in [5.41, 5.74) is 5.26. The zero-order valence-electron chi connectivity index (χ0n) is 20.1. The van der Waals surface area contributed by atoms with Crippen molar-refractivity contribution in [1.29, 1.82) is 0 Å². The molecule has 1 aromatic heterocycles. The lowest BCUT2D eigenvalue weighted by atomic mass is 10.0. The second kappa shape index (κ2) is 9.18. The van der Waals surface area contributed by atoms with E-state index in [1.54, 1.807) is 12.3 Å². The fourth-order valence-corrected chi connectivity index (χ4v) is 4.57. The Hall–Kier alpha value is -4.26. The Kier molecular flexibility index (Phi) is 5.91. The predicted octanol–water partition coefficient (Wildman–Crippen LogP) is 3.71. The maximum atomic E-state index is 10.2. The van der Waals surface area contributed by atoms with Crippen LogP contribution in [0.3, 0.4) is 0 Å². The zero-order valence-corrected chi connectivity index (χ0v) is 20.1. The molecular formula is C28H28N4O3. The van der Waals surface area contributed by atoms with Gasteiger partial charge in [0.1, 0.15) is 24.0 Å². The molecule has 1 aliphatic rings. The number of methoxy groups -OCH3 is 1. The summed E-state index contributed by atoms with van der Waals surface area (Å²) in [5.74, 6) is 2.93. The van der Waals surface area contributed by atoms with Crippen molar-refractivity contribution in [2.45, 2.75) is 20.4 Å². The molecule has 2 heterocycles. The average Bonchev–Trinajstić information content (AvgIpc) is 3.09. The Morgan fingerprint density at radius 1 is 1.20 bits per heavy atom. The molecule has 0 bridgehead atoms. The Balaban J connectivity index is 1.58. The maximum absolute atomic E-state index is 10.2. The molecule has 4 aromatic rings. The van der Waals surface area contributed by atoms with Crippen LogP contribution in [0.25, 0.3) is 34.6 Å². The van der Waals surface area contributed by atoms with E-state index in [0.29, 0.717) is 30.7 Å². The largest absolute Gasteiger partial charge is 0.504 e. The third kappa shape index (κ3) is 4.21. The third-order valence-electron chi connectivity index (χ3n) is 6.21.